The molecule has 4 amide bonds. The van der Waals surface area contributed by atoms with Crippen molar-refractivity contribution < 1.29 is 14.4 Å². The molecule has 0 radical (unpaired) electrons. The minimum Gasteiger partial charge on any atom is -0.299 e. The molecule has 1 N–H and O–H groups in total. The summed E-state index contributed by atoms with van der Waals surface area (Å²) in [6.45, 7) is 0. The zero-order valence-corrected chi connectivity index (χ0v) is 18.2. The maximum Gasteiger partial charge on any atom is 0.331 e. The second-order valence-corrected chi connectivity index (χ2v) is 9.33. The Kier molecular flexibility index (Phi) is 3.43. The number of barbiturate groups is 1. The van der Waals surface area contributed by atoms with Crippen molar-refractivity contribution in [3.8, 4) is 0 Å². The van der Waals surface area contributed by atoms with Crippen molar-refractivity contribution in [1.29, 1.82) is 0 Å². The number of hydrogen-bond acceptors (Lipinski definition) is 4. The number of imide groups is 2. The minimum atomic E-state index is -0.712. The lowest BCUT2D eigenvalue weighted by molar-refractivity contribution is -0.129. The van der Waals surface area contributed by atoms with Crippen molar-refractivity contribution in [2.24, 2.45) is 0 Å². The van der Waals surface area contributed by atoms with E-state index < -0.39 is 17.8 Å². The number of nitrogens with one attached hydrogen (secondary N) is 1. The monoisotopic (exact) mass is 449 g/mol. The van der Waals surface area contributed by atoms with Crippen molar-refractivity contribution >= 4 is 83.4 Å². The fraction of sp³-hybridized carbons (Fsp3) is 0.0385. The van der Waals surface area contributed by atoms with E-state index in [1.807, 2.05) is 12.1 Å². The molecule has 1 aliphatic heterocycles. The molecule has 0 bridgehead atoms. The van der Waals surface area contributed by atoms with Crippen LogP contribution in [0, 0.1) is 0 Å². The normalized spacial score (nSPS) is 16.5. The van der Waals surface area contributed by atoms with Crippen LogP contribution in [0.25, 0.3) is 54.3 Å². The Labute approximate surface area is 190 Å². The Balaban J connectivity index is 1.62. The predicted octanol–water partition coefficient (Wildman–Crippen LogP) is 5.14. The second kappa shape index (κ2) is 6.17. The van der Waals surface area contributed by atoms with E-state index in [9.17, 15) is 14.4 Å². The van der Waals surface area contributed by atoms with Crippen LogP contribution < -0.4 is 5.32 Å². The number of fused-ring (bicyclic) bond motifs is 6. The van der Waals surface area contributed by atoms with Gasteiger partial charge >= 0.3 is 6.03 Å². The SMILES string of the molecule is CN1C(=O)NC(=O)/C(=C\c2cc3c4cccc5ccc6c7ccccc7n(c3s2)c6c54)C1=O. The molecule has 0 aliphatic carbocycles. The molecule has 3 aromatic carbocycles. The number of urea groups is 1. The molecule has 0 atom stereocenters. The van der Waals surface area contributed by atoms with Gasteiger partial charge in [0.05, 0.1) is 11.0 Å². The number of para-hydroxylation sites is 1. The zero-order valence-electron chi connectivity index (χ0n) is 17.4. The topological polar surface area (TPSA) is 70.9 Å². The van der Waals surface area contributed by atoms with Gasteiger partial charge in [-0.05, 0) is 29.0 Å². The summed E-state index contributed by atoms with van der Waals surface area (Å²) in [6, 6.07) is 20.3. The van der Waals surface area contributed by atoms with Crippen molar-refractivity contribution in [2.75, 3.05) is 7.05 Å². The number of thiophene rings is 1. The van der Waals surface area contributed by atoms with Crippen molar-refractivity contribution in [1.82, 2.24) is 14.6 Å². The number of carbonyl (C=O) groups excluding carboxylic acids is 3. The van der Waals surface area contributed by atoms with Crippen LogP contribution >= 0.6 is 11.3 Å². The quantitative estimate of drug-likeness (QED) is 0.279. The first-order chi connectivity index (χ1) is 16.0. The highest BCUT2D eigenvalue weighted by atomic mass is 32.1. The molecule has 1 fully saturated rings. The van der Waals surface area contributed by atoms with Gasteiger partial charge in [-0.3, -0.25) is 24.2 Å². The van der Waals surface area contributed by atoms with E-state index in [2.05, 4.69) is 58.2 Å². The van der Waals surface area contributed by atoms with Gasteiger partial charge in [0.25, 0.3) is 11.8 Å². The molecule has 158 valence electrons. The Morgan fingerprint density at radius 1 is 0.879 bits per heavy atom. The lowest BCUT2D eigenvalue weighted by atomic mass is 10.0. The van der Waals surface area contributed by atoms with Gasteiger partial charge in [-0.2, -0.15) is 0 Å². The van der Waals surface area contributed by atoms with Crippen LogP contribution in [0.3, 0.4) is 0 Å². The number of pyridine rings is 1. The average Bonchev–Trinajstić information content (AvgIpc) is 3.39. The average molecular weight is 449 g/mol. The van der Waals surface area contributed by atoms with Gasteiger partial charge in [0.15, 0.2) is 0 Å². The largest absolute Gasteiger partial charge is 0.331 e. The van der Waals surface area contributed by atoms with E-state index in [0.29, 0.717) is 0 Å². The number of rotatable bonds is 1. The van der Waals surface area contributed by atoms with Gasteiger partial charge < -0.3 is 0 Å². The number of amides is 4. The fourth-order valence-corrected chi connectivity index (χ4v) is 6.12. The van der Waals surface area contributed by atoms with E-state index in [-0.39, 0.29) is 5.57 Å². The zero-order chi connectivity index (χ0) is 22.4. The van der Waals surface area contributed by atoms with Crippen LogP contribution in [-0.2, 0) is 9.59 Å². The fourth-order valence-electron chi connectivity index (χ4n) is 4.98. The van der Waals surface area contributed by atoms with Crippen molar-refractivity contribution in [3.05, 3.63) is 71.1 Å². The maximum atomic E-state index is 12.6. The van der Waals surface area contributed by atoms with E-state index >= 15 is 0 Å². The predicted molar refractivity (Wildman–Crippen MR) is 131 cm³/mol. The van der Waals surface area contributed by atoms with Crippen LogP contribution in [0.1, 0.15) is 4.88 Å². The number of nitrogens with zero attached hydrogens (tertiary/aromatic N) is 2. The van der Waals surface area contributed by atoms with E-state index in [0.717, 1.165) is 30.9 Å². The molecule has 7 rings (SSSR count). The Morgan fingerprint density at radius 2 is 1.70 bits per heavy atom. The molecule has 7 heteroatoms. The van der Waals surface area contributed by atoms with Crippen LogP contribution in [0.5, 0.6) is 0 Å². The molecule has 3 aromatic heterocycles. The summed E-state index contributed by atoms with van der Waals surface area (Å²) in [5.41, 5.74) is 2.25. The third-order valence-electron chi connectivity index (χ3n) is 6.49. The molecule has 6 nitrogen and oxygen atoms in total. The molecule has 0 unspecified atom stereocenters. The minimum absolute atomic E-state index is 0.0473. The van der Waals surface area contributed by atoms with Crippen LogP contribution in [0.4, 0.5) is 4.79 Å². The summed E-state index contributed by atoms with van der Waals surface area (Å²) < 4.78 is 2.29. The first kappa shape index (κ1) is 18.4. The Hall–Kier alpha value is -4.23. The molecule has 33 heavy (non-hydrogen) atoms. The van der Waals surface area contributed by atoms with Gasteiger partial charge in [0.2, 0.25) is 0 Å². The van der Waals surface area contributed by atoms with E-state index in [1.165, 1.54) is 45.4 Å². The lowest BCUT2D eigenvalue weighted by Crippen LogP contribution is -2.52. The van der Waals surface area contributed by atoms with Crippen LogP contribution in [0.2, 0.25) is 0 Å². The van der Waals surface area contributed by atoms with Gasteiger partial charge in [0, 0.05) is 33.5 Å². The molecular formula is C26H15N3O3S. The van der Waals surface area contributed by atoms with Crippen molar-refractivity contribution in [2.45, 2.75) is 0 Å². The van der Waals surface area contributed by atoms with Gasteiger partial charge in [-0.15, -0.1) is 11.3 Å². The van der Waals surface area contributed by atoms with Gasteiger partial charge in [-0.25, -0.2) is 4.79 Å². The molecule has 6 aromatic rings. The second-order valence-electron chi connectivity index (χ2n) is 8.27. The summed E-state index contributed by atoms with van der Waals surface area (Å²) in [5, 5.41) is 9.17. The first-order valence-electron chi connectivity index (χ1n) is 10.5. The highest BCUT2D eigenvalue weighted by Crippen LogP contribution is 2.43. The number of hydrogen-bond donors (Lipinski definition) is 1. The van der Waals surface area contributed by atoms with Crippen molar-refractivity contribution in [3.63, 3.8) is 0 Å². The number of carbonyl (C=O) groups is 3. The summed E-state index contributed by atoms with van der Waals surface area (Å²) in [5.74, 6) is -1.28. The molecule has 1 saturated heterocycles. The third-order valence-corrected chi connectivity index (χ3v) is 7.56. The lowest BCUT2D eigenvalue weighted by Gasteiger charge is -2.22. The molecule has 1 aliphatic rings. The standard InChI is InChI=1S/C26H15N3O3S/c1-28-24(31)19(23(30)27-26(28)32)12-14-11-18-16-7-4-5-13-9-10-17-15-6-2-3-8-20(15)29(25(18)33-14)22(17)21(13)16/h2-12H,1H3,(H,27,30,32)/b19-12+. The third kappa shape index (κ3) is 2.29. The number of benzene rings is 3. The van der Waals surface area contributed by atoms with Crippen LogP contribution in [0.15, 0.2) is 66.2 Å². The Morgan fingerprint density at radius 3 is 2.58 bits per heavy atom. The summed E-state index contributed by atoms with van der Waals surface area (Å²) >= 11 is 1.53. The van der Waals surface area contributed by atoms with E-state index in [1.54, 1.807) is 6.08 Å². The number of aromatic nitrogens is 1. The summed E-state index contributed by atoms with van der Waals surface area (Å²) in [7, 11) is 1.36. The maximum absolute atomic E-state index is 12.6. The highest BCUT2D eigenvalue weighted by molar-refractivity contribution is 7.19. The number of likely N-dealkylation sites (N-methyl/N-ethyl adjacent to an activating group) is 1. The van der Waals surface area contributed by atoms with Crippen LogP contribution in [-0.4, -0.2) is 34.2 Å². The molecular weight excluding hydrogens is 434 g/mol. The summed E-state index contributed by atoms with van der Waals surface area (Å²) in [6.07, 6.45) is 1.58. The Bertz CT molecular complexity index is 1870. The molecule has 4 heterocycles. The van der Waals surface area contributed by atoms with Gasteiger partial charge in [0.1, 0.15) is 10.4 Å². The molecule has 0 saturated carbocycles. The van der Waals surface area contributed by atoms with E-state index in [4.69, 9.17) is 0 Å². The first-order valence-corrected chi connectivity index (χ1v) is 11.3. The smallest absolute Gasteiger partial charge is 0.299 e. The summed E-state index contributed by atoms with van der Waals surface area (Å²) in [4.78, 5) is 39.5. The highest BCUT2D eigenvalue weighted by Gasteiger charge is 2.33. The van der Waals surface area contributed by atoms with Gasteiger partial charge in [-0.1, -0.05) is 48.5 Å². The molecule has 0 spiro atoms.